The third kappa shape index (κ3) is 4.77. The zero-order chi connectivity index (χ0) is 15.1. The van der Waals surface area contributed by atoms with Crippen molar-refractivity contribution in [3.8, 4) is 0 Å². The van der Waals surface area contributed by atoms with Crippen molar-refractivity contribution in [2.24, 2.45) is 0 Å². The molecule has 0 saturated carbocycles. The molecule has 0 aromatic heterocycles. The summed E-state index contributed by atoms with van der Waals surface area (Å²) < 4.78 is 4.58. The van der Waals surface area contributed by atoms with Gasteiger partial charge in [-0.3, -0.25) is 4.79 Å². The van der Waals surface area contributed by atoms with Crippen LogP contribution in [0.25, 0.3) is 0 Å². The van der Waals surface area contributed by atoms with Crippen LogP contribution in [0.5, 0.6) is 0 Å². The highest BCUT2D eigenvalue weighted by Gasteiger charge is 2.23. The van der Waals surface area contributed by atoms with Gasteiger partial charge in [0.15, 0.2) is 0 Å². The number of carbonyl (C=O) groups excluding carboxylic acids is 2. The average molecular weight is 290 g/mol. The molecule has 1 aliphatic rings. The van der Waals surface area contributed by atoms with Crippen molar-refractivity contribution in [2.75, 3.05) is 20.2 Å². The van der Waals surface area contributed by atoms with Crippen LogP contribution in [0, 0.1) is 0 Å². The Balaban J connectivity index is 1.72. The molecule has 0 unspecified atom stereocenters. The number of nitrogens with one attached hydrogen (secondary N) is 1. The van der Waals surface area contributed by atoms with Crippen molar-refractivity contribution in [1.82, 2.24) is 10.2 Å². The van der Waals surface area contributed by atoms with Crippen molar-refractivity contribution in [2.45, 2.75) is 31.7 Å². The minimum Gasteiger partial charge on any atom is -0.453 e. The van der Waals surface area contributed by atoms with Gasteiger partial charge in [-0.2, -0.15) is 0 Å². The van der Waals surface area contributed by atoms with E-state index in [2.05, 4.69) is 10.1 Å². The molecule has 1 aliphatic heterocycles. The van der Waals surface area contributed by atoms with E-state index in [0.29, 0.717) is 19.5 Å². The Kier molecular flexibility index (Phi) is 5.60. The summed E-state index contributed by atoms with van der Waals surface area (Å²) in [5, 5.41) is 2.79. The largest absolute Gasteiger partial charge is 0.453 e. The lowest BCUT2D eigenvalue weighted by molar-refractivity contribution is -0.132. The van der Waals surface area contributed by atoms with E-state index >= 15 is 0 Å². The highest BCUT2D eigenvalue weighted by Crippen LogP contribution is 2.13. The summed E-state index contributed by atoms with van der Waals surface area (Å²) in [6.45, 7) is 1.39. The fourth-order valence-electron chi connectivity index (χ4n) is 2.55. The Morgan fingerprint density at radius 2 is 1.90 bits per heavy atom. The maximum Gasteiger partial charge on any atom is 0.407 e. The molecule has 1 heterocycles. The summed E-state index contributed by atoms with van der Waals surface area (Å²) in [7, 11) is 1.36. The lowest BCUT2D eigenvalue weighted by atomic mass is 10.0. The van der Waals surface area contributed by atoms with Gasteiger partial charge in [-0.05, 0) is 24.8 Å². The molecule has 0 spiro atoms. The number of alkyl carbamates (subject to hydrolysis) is 1. The molecule has 0 aliphatic carbocycles. The molecule has 1 fully saturated rings. The molecule has 0 bridgehead atoms. The van der Waals surface area contributed by atoms with E-state index in [-0.39, 0.29) is 11.9 Å². The number of aryl methyl sites for hydroxylation is 1. The lowest BCUT2D eigenvalue weighted by Gasteiger charge is -2.32. The Labute approximate surface area is 125 Å². The summed E-state index contributed by atoms with van der Waals surface area (Å²) in [6.07, 6.45) is 2.49. The van der Waals surface area contributed by atoms with Gasteiger partial charge in [0.25, 0.3) is 0 Å². The van der Waals surface area contributed by atoms with Crippen LogP contribution in [0.2, 0.25) is 0 Å². The topological polar surface area (TPSA) is 58.6 Å². The number of rotatable bonds is 4. The van der Waals surface area contributed by atoms with Gasteiger partial charge in [0.2, 0.25) is 5.91 Å². The normalized spacial score (nSPS) is 15.6. The zero-order valence-electron chi connectivity index (χ0n) is 12.4. The molecule has 5 nitrogen and oxygen atoms in total. The maximum atomic E-state index is 12.2. The number of likely N-dealkylation sites (tertiary alicyclic amines) is 1. The number of piperidine rings is 1. The van der Waals surface area contributed by atoms with E-state index in [1.807, 2.05) is 35.2 Å². The van der Waals surface area contributed by atoms with Crippen molar-refractivity contribution in [3.05, 3.63) is 35.9 Å². The van der Waals surface area contributed by atoms with Gasteiger partial charge in [-0.25, -0.2) is 4.79 Å². The predicted octanol–water partition coefficient (Wildman–Crippen LogP) is 1.97. The number of nitrogens with zero attached hydrogens (tertiary/aromatic N) is 1. The van der Waals surface area contributed by atoms with Gasteiger partial charge >= 0.3 is 6.09 Å². The molecule has 0 atom stereocenters. The molecule has 2 rings (SSSR count). The van der Waals surface area contributed by atoms with Crippen LogP contribution in [-0.2, 0) is 16.0 Å². The number of methoxy groups -OCH3 is 1. The SMILES string of the molecule is COC(=O)NC1CCN(C(=O)CCc2ccccc2)CC1. The minimum absolute atomic E-state index is 0.107. The van der Waals surface area contributed by atoms with E-state index in [4.69, 9.17) is 0 Å². The summed E-state index contributed by atoms with van der Waals surface area (Å²) in [5.41, 5.74) is 1.19. The quantitative estimate of drug-likeness (QED) is 0.922. The third-order valence-electron chi connectivity index (χ3n) is 3.83. The number of carbonyl (C=O) groups is 2. The van der Waals surface area contributed by atoms with Crippen molar-refractivity contribution in [1.29, 1.82) is 0 Å². The van der Waals surface area contributed by atoms with Crippen LogP contribution in [-0.4, -0.2) is 43.1 Å². The Hall–Kier alpha value is -2.04. The van der Waals surface area contributed by atoms with Crippen LogP contribution in [0.4, 0.5) is 4.79 Å². The lowest BCUT2D eigenvalue weighted by Crippen LogP contribution is -2.46. The molecule has 21 heavy (non-hydrogen) atoms. The standard InChI is InChI=1S/C16H22N2O3/c1-21-16(20)17-14-9-11-18(12-10-14)15(19)8-7-13-5-3-2-4-6-13/h2-6,14H,7-12H2,1H3,(H,17,20). The summed E-state index contributed by atoms with van der Waals surface area (Å²) in [6, 6.07) is 10.1. The van der Waals surface area contributed by atoms with Crippen LogP contribution in [0.3, 0.4) is 0 Å². The van der Waals surface area contributed by atoms with Gasteiger partial charge in [-0.15, -0.1) is 0 Å². The molecule has 0 radical (unpaired) electrons. The van der Waals surface area contributed by atoms with Crippen LogP contribution in [0.15, 0.2) is 30.3 Å². The highest BCUT2D eigenvalue weighted by molar-refractivity contribution is 5.76. The summed E-state index contributed by atoms with van der Waals surface area (Å²) in [5.74, 6) is 0.190. The molecule has 5 heteroatoms. The molecular weight excluding hydrogens is 268 g/mol. The smallest absolute Gasteiger partial charge is 0.407 e. The van der Waals surface area contributed by atoms with Gasteiger partial charge in [0, 0.05) is 25.6 Å². The van der Waals surface area contributed by atoms with Crippen molar-refractivity contribution in [3.63, 3.8) is 0 Å². The number of ether oxygens (including phenoxy) is 1. The first kappa shape index (κ1) is 15.4. The molecule has 1 aromatic rings. The van der Waals surface area contributed by atoms with Gasteiger partial charge in [-0.1, -0.05) is 30.3 Å². The monoisotopic (exact) mass is 290 g/mol. The van der Waals surface area contributed by atoms with E-state index in [1.54, 1.807) is 0 Å². The maximum absolute atomic E-state index is 12.2. The van der Waals surface area contributed by atoms with Crippen LogP contribution in [0.1, 0.15) is 24.8 Å². The van der Waals surface area contributed by atoms with Crippen molar-refractivity contribution < 1.29 is 14.3 Å². The second-order valence-corrected chi connectivity index (χ2v) is 5.28. The zero-order valence-corrected chi connectivity index (χ0v) is 12.4. The molecule has 2 amide bonds. The number of hydrogen-bond acceptors (Lipinski definition) is 3. The first-order valence-electron chi connectivity index (χ1n) is 7.35. The van der Waals surface area contributed by atoms with E-state index < -0.39 is 6.09 Å². The molecule has 114 valence electrons. The first-order chi connectivity index (χ1) is 10.2. The van der Waals surface area contributed by atoms with E-state index in [9.17, 15) is 9.59 Å². The second-order valence-electron chi connectivity index (χ2n) is 5.28. The van der Waals surface area contributed by atoms with E-state index in [0.717, 1.165) is 19.3 Å². The van der Waals surface area contributed by atoms with Crippen LogP contribution < -0.4 is 5.32 Å². The first-order valence-corrected chi connectivity index (χ1v) is 7.35. The van der Waals surface area contributed by atoms with Gasteiger partial charge in [0.1, 0.15) is 0 Å². The van der Waals surface area contributed by atoms with E-state index in [1.165, 1.54) is 12.7 Å². The highest BCUT2D eigenvalue weighted by atomic mass is 16.5. The number of hydrogen-bond donors (Lipinski definition) is 1. The summed E-state index contributed by atoms with van der Waals surface area (Å²) >= 11 is 0. The summed E-state index contributed by atoms with van der Waals surface area (Å²) in [4.78, 5) is 25.2. The fourth-order valence-corrected chi connectivity index (χ4v) is 2.55. The van der Waals surface area contributed by atoms with Gasteiger partial charge in [0.05, 0.1) is 7.11 Å². The Morgan fingerprint density at radius 1 is 1.24 bits per heavy atom. The van der Waals surface area contributed by atoms with Crippen LogP contribution >= 0.6 is 0 Å². The average Bonchev–Trinajstić information content (AvgIpc) is 2.54. The number of amides is 2. The molecular formula is C16H22N2O3. The number of benzene rings is 1. The Morgan fingerprint density at radius 3 is 2.52 bits per heavy atom. The third-order valence-corrected chi connectivity index (χ3v) is 3.83. The molecule has 1 saturated heterocycles. The Bertz CT molecular complexity index is 468. The fraction of sp³-hybridized carbons (Fsp3) is 0.500. The minimum atomic E-state index is -0.399. The predicted molar refractivity (Wildman–Crippen MR) is 79.9 cm³/mol. The molecule has 1 N–H and O–H groups in total. The second kappa shape index (κ2) is 7.67. The van der Waals surface area contributed by atoms with Gasteiger partial charge < -0.3 is 15.0 Å². The molecule has 1 aromatic carbocycles. The van der Waals surface area contributed by atoms with Crippen molar-refractivity contribution >= 4 is 12.0 Å².